The average Bonchev–Trinajstić information content (AvgIpc) is 2.92. The van der Waals surface area contributed by atoms with Crippen LogP contribution in [0.25, 0.3) is 0 Å². The molecule has 246 valence electrons. The van der Waals surface area contributed by atoms with Gasteiger partial charge in [-0.1, -0.05) is 64.4 Å². The quantitative estimate of drug-likeness (QED) is 0.145. The van der Waals surface area contributed by atoms with Crippen molar-refractivity contribution >= 4 is 25.3 Å². The number of hydrogen-bond donors (Lipinski definition) is 3. The number of ether oxygens (including phenoxy) is 3. The molecule has 0 spiro atoms. The number of carbonyl (C=O) groups excluding carboxylic acids is 3. The lowest BCUT2D eigenvalue weighted by Gasteiger charge is -2.37. The summed E-state index contributed by atoms with van der Waals surface area (Å²) in [6.07, 6.45) is 0.0177. The van der Waals surface area contributed by atoms with Gasteiger partial charge in [-0.25, -0.2) is 4.79 Å². The van der Waals surface area contributed by atoms with Crippen molar-refractivity contribution in [1.82, 2.24) is 16.0 Å². The fraction of sp³-hybridized carbons (Fsp3) is 0.710. The fourth-order valence-electron chi connectivity index (χ4n) is 4.36. The van der Waals surface area contributed by atoms with Crippen molar-refractivity contribution in [1.29, 1.82) is 0 Å². The Bertz CT molecular complexity index is 1040. The minimum atomic E-state index is -3.77. The van der Waals surface area contributed by atoms with Crippen molar-refractivity contribution in [3.05, 3.63) is 35.9 Å². The molecule has 11 nitrogen and oxygen atoms in total. The molecule has 0 aromatic heterocycles. The van der Waals surface area contributed by atoms with Crippen molar-refractivity contribution in [3.63, 3.8) is 0 Å². The van der Waals surface area contributed by atoms with E-state index in [2.05, 4.69) is 16.0 Å². The number of carbonyl (C=O) groups is 3. The Kier molecular flexibility index (Phi) is 16.5. The van der Waals surface area contributed by atoms with E-state index in [0.717, 1.165) is 5.56 Å². The van der Waals surface area contributed by atoms with Crippen LogP contribution in [-0.4, -0.2) is 67.2 Å². The van der Waals surface area contributed by atoms with E-state index in [1.54, 1.807) is 55.4 Å². The zero-order chi connectivity index (χ0) is 32.8. The smallest absolute Gasteiger partial charge is 0.408 e. The molecule has 3 amide bonds. The predicted molar refractivity (Wildman–Crippen MR) is 168 cm³/mol. The van der Waals surface area contributed by atoms with Crippen molar-refractivity contribution in [2.45, 2.75) is 112 Å². The van der Waals surface area contributed by atoms with E-state index in [1.165, 1.54) is 0 Å². The third-order valence-corrected chi connectivity index (χ3v) is 9.60. The van der Waals surface area contributed by atoms with Gasteiger partial charge in [0, 0.05) is 19.6 Å². The predicted octanol–water partition coefficient (Wildman–Crippen LogP) is 5.42. The zero-order valence-electron chi connectivity index (χ0n) is 27.6. The van der Waals surface area contributed by atoms with Gasteiger partial charge in [0.25, 0.3) is 7.37 Å². The molecule has 5 atom stereocenters. The van der Waals surface area contributed by atoms with E-state index in [0.29, 0.717) is 6.42 Å². The summed E-state index contributed by atoms with van der Waals surface area (Å²) < 4.78 is 37.1. The monoisotopic (exact) mass is 627 g/mol. The molecule has 0 bridgehead atoms. The molecule has 1 unspecified atom stereocenters. The maximum atomic E-state index is 14.5. The Labute approximate surface area is 258 Å². The molecule has 0 aliphatic heterocycles. The second kappa shape index (κ2) is 18.4. The SMILES string of the molecule is CCOC(OCC)P(=O)(OCC)[C@H](NC(=O)[C@@H](NC(=O)[C@H](Cc1ccccc1)NC(=O)OC(C)(C)C)C(C)C)[C@@H](C)CC. The molecule has 0 saturated carbocycles. The van der Waals surface area contributed by atoms with Gasteiger partial charge in [-0.15, -0.1) is 0 Å². The summed E-state index contributed by atoms with van der Waals surface area (Å²) in [6, 6.07) is 6.03. The molecular formula is C31H54N3O8P. The Balaban J connectivity index is 3.35. The first-order valence-corrected chi connectivity index (χ1v) is 17.0. The van der Waals surface area contributed by atoms with Gasteiger partial charge in [-0.3, -0.25) is 14.2 Å². The lowest BCUT2D eigenvalue weighted by atomic mass is 10.0. The molecule has 43 heavy (non-hydrogen) atoms. The molecule has 0 fully saturated rings. The van der Waals surface area contributed by atoms with E-state index in [1.807, 2.05) is 44.2 Å². The van der Waals surface area contributed by atoms with E-state index < -0.39 is 54.8 Å². The Morgan fingerprint density at radius 1 is 0.837 bits per heavy atom. The molecule has 0 aliphatic carbocycles. The molecule has 0 aliphatic rings. The van der Waals surface area contributed by atoms with E-state index in [-0.39, 0.29) is 38.1 Å². The van der Waals surface area contributed by atoms with Gasteiger partial charge in [0.05, 0.1) is 6.61 Å². The van der Waals surface area contributed by atoms with Crippen molar-refractivity contribution < 1.29 is 37.7 Å². The van der Waals surface area contributed by atoms with Crippen LogP contribution in [0.15, 0.2) is 30.3 Å². The highest BCUT2D eigenvalue weighted by Crippen LogP contribution is 2.58. The van der Waals surface area contributed by atoms with Gasteiger partial charge < -0.3 is 34.7 Å². The summed E-state index contributed by atoms with van der Waals surface area (Å²) >= 11 is 0. The average molecular weight is 628 g/mol. The number of alkyl carbamates (subject to hydrolysis) is 1. The summed E-state index contributed by atoms with van der Waals surface area (Å²) in [5.74, 6) is -2.64. The molecule has 12 heteroatoms. The topological polar surface area (TPSA) is 141 Å². The number of nitrogens with one attached hydrogen (secondary N) is 3. The first-order chi connectivity index (χ1) is 20.1. The third-order valence-electron chi connectivity index (χ3n) is 6.64. The summed E-state index contributed by atoms with van der Waals surface area (Å²) in [5, 5.41) is 8.39. The minimum absolute atomic E-state index is 0.124. The van der Waals surface area contributed by atoms with Crippen LogP contribution in [-0.2, 0) is 39.3 Å². The molecule has 3 N–H and O–H groups in total. The van der Waals surface area contributed by atoms with Gasteiger partial charge in [0.15, 0.2) is 0 Å². The lowest BCUT2D eigenvalue weighted by Crippen LogP contribution is -2.58. The summed E-state index contributed by atoms with van der Waals surface area (Å²) in [6.45, 7) is 18.4. The zero-order valence-corrected chi connectivity index (χ0v) is 28.5. The first-order valence-electron chi connectivity index (χ1n) is 15.2. The summed E-state index contributed by atoms with van der Waals surface area (Å²) in [5.41, 5.74) is 0.0510. The van der Waals surface area contributed by atoms with Crippen LogP contribution in [0.4, 0.5) is 4.79 Å². The van der Waals surface area contributed by atoms with Crippen LogP contribution in [0.2, 0.25) is 0 Å². The van der Waals surface area contributed by atoms with Gasteiger partial charge in [-0.05, 0) is 58.9 Å². The molecule has 0 heterocycles. The minimum Gasteiger partial charge on any atom is -0.444 e. The standard InChI is InChI=1S/C31H54N3O8P/c1-11-22(7)28(43(38,41-14-4)30(39-12-2)40-13-3)34-27(36)25(21(5)6)33-26(35)24(20-23-18-16-15-17-19-23)32-29(37)42-31(8,9)10/h15-19,21-22,24-25,28,30H,11-14,20H2,1-10H3,(H,32,37)(H,33,35)(H,34,36)/t22-,24-,25-,28-,43?/m0/s1. The van der Waals surface area contributed by atoms with Crippen LogP contribution >= 0.6 is 7.37 Å². The first kappa shape index (κ1) is 38.6. The Hall–Kier alpha value is -2.46. The fourth-order valence-corrected chi connectivity index (χ4v) is 7.25. The van der Waals surface area contributed by atoms with E-state index >= 15 is 0 Å². The number of hydrogen-bond acceptors (Lipinski definition) is 8. The van der Waals surface area contributed by atoms with Crippen molar-refractivity contribution in [3.8, 4) is 0 Å². The van der Waals surface area contributed by atoms with Gasteiger partial charge in [0.2, 0.25) is 17.8 Å². The summed E-state index contributed by atoms with van der Waals surface area (Å²) in [4.78, 5) is 40.1. The second-order valence-electron chi connectivity index (χ2n) is 11.7. The molecule has 0 saturated heterocycles. The maximum absolute atomic E-state index is 14.5. The molecule has 1 aromatic rings. The number of benzene rings is 1. The van der Waals surface area contributed by atoms with Gasteiger partial charge in [0.1, 0.15) is 23.5 Å². The summed E-state index contributed by atoms with van der Waals surface area (Å²) in [7, 11) is -3.77. The number of amides is 3. The third kappa shape index (κ3) is 12.6. The lowest BCUT2D eigenvalue weighted by molar-refractivity contribution is -0.131. The van der Waals surface area contributed by atoms with Crippen LogP contribution in [0.3, 0.4) is 0 Å². The molecule has 1 rings (SSSR count). The van der Waals surface area contributed by atoms with Crippen molar-refractivity contribution in [2.24, 2.45) is 11.8 Å². The van der Waals surface area contributed by atoms with Gasteiger partial charge in [-0.2, -0.15) is 0 Å². The maximum Gasteiger partial charge on any atom is 0.408 e. The van der Waals surface area contributed by atoms with Crippen LogP contribution < -0.4 is 16.0 Å². The molecule has 1 aromatic carbocycles. The highest BCUT2D eigenvalue weighted by Gasteiger charge is 2.47. The van der Waals surface area contributed by atoms with Crippen LogP contribution in [0.1, 0.15) is 81.2 Å². The molecular weight excluding hydrogens is 573 g/mol. The largest absolute Gasteiger partial charge is 0.444 e. The van der Waals surface area contributed by atoms with E-state index in [4.69, 9.17) is 18.7 Å². The van der Waals surface area contributed by atoms with Gasteiger partial charge >= 0.3 is 6.09 Å². The van der Waals surface area contributed by atoms with Crippen molar-refractivity contribution in [2.75, 3.05) is 19.8 Å². The van der Waals surface area contributed by atoms with Crippen LogP contribution in [0.5, 0.6) is 0 Å². The second-order valence-corrected chi connectivity index (χ2v) is 14.3. The number of rotatable bonds is 18. The normalized spacial score (nSPS) is 16.1. The molecule has 0 radical (unpaired) electrons. The van der Waals surface area contributed by atoms with Crippen LogP contribution in [0, 0.1) is 11.8 Å². The highest BCUT2D eigenvalue weighted by atomic mass is 31.2. The Morgan fingerprint density at radius 3 is 1.88 bits per heavy atom. The van der Waals surface area contributed by atoms with E-state index in [9.17, 15) is 18.9 Å². The highest BCUT2D eigenvalue weighted by molar-refractivity contribution is 7.60. The Morgan fingerprint density at radius 2 is 1.42 bits per heavy atom.